The largest absolute Gasteiger partial charge is 0.394 e. The molecular formula is C53H99BrO3Si. The van der Waals surface area contributed by atoms with Gasteiger partial charge in [-0.3, -0.25) is 0 Å². The Morgan fingerprint density at radius 2 is 1.36 bits per heavy atom. The van der Waals surface area contributed by atoms with Gasteiger partial charge in [-0.1, -0.05) is 179 Å². The molecule has 0 N–H and O–H groups in total. The minimum Gasteiger partial charge on any atom is -0.394 e. The number of allylic oxidation sites excluding steroid dienone is 1. The smallest absolute Gasteiger partial charge is 0.333 e. The van der Waals surface area contributed by atoms with Crippen molar-refractivity contribution in [2.45, 2.75) is 260 Å². The van der Waals surface area contributed by atoms with E-state index in [4.69, 9.17) is 13.6 Å². The monoisotopic (exact) mass is 891 g/mol. The summed E-state index contributed by atoms with van der Waals surface area (Å²) in [6, 6.07) is 0. The third-order valence-corrected chi connectivity index (χ3v) is 19.4. The van der Waals surface area contributed by atoms with Gasteiger partial charge >= 0.3 is 8.56 Å². The van der Waals surface area contributed by atoms with E-state index in [1.807, 2.05) is 0 Å². The highest BCUT2D eigenvalue weighted by atomic mass is 79.9. The zero-order chi connectivity index (χ0) is 42.0. The van der Waals surface area contributed by atoms with E-state index in [0.717, 1.165) is 72.6 Å². The first kappa shape index (κ1) is 51.0. The van der Waals surface area contributed by atoms with Crippen LogP contribution in [0.3, 0.4) is 0 Å². The molecule has 5 heteroatoms. The van der Waals surface area contributed by atoms with Crippen molar-refractivity contribution in [2.75, 3.05) is 11.9 Å². The molecule has 0 aromatic rings. The van der Waals surface area contributed by atoms with E-state index in [0.29, 0.717) is 10.8 Å². The second-order valence-corrected chi connectivity index (χ2v) is 26.0. The molecule has 3 saturated carbocycles. The van der Waals surface area contributed by atoms with Gasteiger partial charge in [0, 0.05) is 11.9 Å². The Balaban J connectivity index is 1.29. The molecule has 340 valence electrons. The van der Waals surface area contributed by atoms with Crippen molar-refractivity contribution >= 4 is 24.5 Å². The highest BCUT2D eigenvalue weighted by molar-refractivity contribution is 9.09. The number of fused-ring (bicyclic) bond motifs is 5. The molecule has 0 aliphatic heterocycles. The summed E-state index contributed by atoms with van der Waals surface area (Å²) in [5, 5.41) is 1.10. The minimum atomic E-state index is -2.30. The molecule has 0 heterocycles. The average Bonchev–Trinajstić information content (AvgIpc) is 3.55. The standard InChI is InChI=1S/C53H99BrO3Si/c1-10-12-13-14-15-16-17-18-19-20-21-22-25-28-51(57-58(8,9)55-40-27-24-23-26-39-54)56-46-35-37-52(6)45(41-46)31-32-47-49-34-33-48(53(49,7)38-36-50(47)52)43(5)29-30-44(11-2)42(3)4/h31,42-44,46-51H,10-30,32-41H2,1-9H3. The molecule has 4 aliphatic rings. The fourth-order valence-corrected chi connectivity index (χ4v) is 15.2. The first-order valence-corrected chi connectivity index (χ1v) is 30.0. The van der Waals surface area contributed by atoms with Crippen LogP contribution >= 0.6 is 15.9 Å². The van der Waals surface area contributed by atoms with Crippen LogP contribution in [0.2, 0.25) is 13.1 Å². The van der Waals surface area contributed by atoms with Crippen LogP contribution in [0.25, 0.3) is 0 Å². The molecule has 3 fully saturated rings. The van der Waals surface area contributed by atoms with Crippen molar-refractivity contribution in [1.82, 2.24) is 0 Å². The van der Waals surface area contributed by atoms with Gasteiger partial charge in [-0.2, -0.15) is 0 Å². The number of unbranched alkanes of at least 4 members (excludes halogenated alkanes) is 15. The second-order valence-electron chi connectivity index (χ2n) is 21.9. The Morgan fingerprint density at radius 3 is 2.00 bits per heavy atom. The Bertz CT molecular complexity index is 1140. The summed E-state index contributed by atoms with van der Waals surface area (Å²) in [4.78, 5) is 0. The SMILES string of the molecule is CCCCCCCCCCCCCCCC(OC1CCC2(C)C(=CCC3C2CCC2(C)C(C(C)CCC(CC)C(C)C)CCC32)C1)O[Si](C)(C)OCCCCCCBr. The van der Waals surface area contributed by atoms with Crippen molar-refractivity contribution in [3.8, 4) is 0 Å². The minimum absolute atomic E-state index is 0.130. The first-order valence-electron chi connectivity index (χ1n) is 26.1. The lowest BCUT2D eigenvalue weighted by Gasteiger charge is -2.58. The molecule has 0 amide bonds. The molecule has 0 saturated heterocycles. The first-order chi connectivity index (χ1) is 27.9. The van der Waals surface area contributed by atoms with E-state index in [-0.39, 0.29) is 12.4 Å². The Labute approximate surface area is 372 Å². The van der Waals surface area contributed by atoms with E-state index in [1.165, 1.54) is 167 Å². The summed E-state index contributed by atoms with van der Waals surface area (Å²) in [5.41, 5.74) is 2.65. The van der Waals surface area contributed by atoms with Gasteiger partial charge in [-0.25, -0.2) is 0 Å². The third kappa shape index (κ3) is 15.2. The van der Waals surface area contributed by atoms with Gasteiger partial charge in [0.05, 0.1) is 6.10 Å². The molecule has 0 radical (unpaired) electrons. The van der Waals surface area contributed by atoms with Gasteiger partial charge in [0.15, 0.2) is 0 Å². The maximum atomic E-state index is 7.10. The maximum Gasteiger partial charge on any atom is 0.333 e. The highest BCUT2D eigenvalue weighted by Crippen LogP contribution is 2.67. The van der Waals surface area contributed by atoms with Crippen LogP contribution in [-0.4, -0.2) is 32.9 Å². The highest BCUT2D eigenvalue weighted by Gasteiger charge is 2.59. The van der Waals surface area contributed by atoms with Gasteiger partial charge in [-0.15, -0.1) is 0 Å². The normalized spacial score (nSPS) is 30.1. The molecule has 0 spiro atoms. The van der Waals surface area contributed by atoms with E-state index in [9.17, 15) is 0 Å². The number of hydrogen-bond donors (Lipinski definition) is 0. The van der Waals surface area contributed by atoms with Crippen LogP contribution in [0.5, 0.6) is 0 Å². The van der Waals surface area contributed by atoms with Crippen LogP contribution in [0.15, 0.2) is 11.6 Å². The van der Waals surface area contributed by atoms with Crippen molar-refractivity contribution < 1.29 is 13.6 Å². The molecule has 58 heavy (non-hydrogen) atoms. The maximum absolute atomic E-state index is 7.10. The number of alkyl halides is 1. The summed E-state index contributed by atoms with van der Waals surface area (Å²) < 4.78 is 20.6. The van der Waals surface area contributed by atoms with Crippen molar-refractivity contribution in [2.24, 2.45) is 52.3 Å². The summed E-state index contributed by atoms with van der Waals surface area (Å²) >= 11 is 3.58. The number of halogens is 1. The molecule has 10 atom stereocenters. The zero-order valence-electron chi connectivity index (χ0n) is 40.3. The van der Waals surface area contributed by atoms with E-state index >= 15 is 0 Å². The lowest BCUT2D eigenvalue weighted by atomic mass is 9.47. The van der Waals surface area contributed by atoms with Crippen molar-refractivity contribution in [3.63, 3.8) is 0 Å². The fraction of sp³-hybridized carbons (Fsp3) is 0.962. The van der Waals surface area contributed by atoms with E-state index in [2.05, 4.69) is 83.6 Å². The molecule has 0 aromatic heterocycles. The molecule has 0 aromatic carbocycles. The van der Waals surface area contributed by atoms with Crippen LogP contribution in [-0.2, 0) is 13.6 Å². The lowest BCUT2D eigenvalue weighted by molar-refractivity contribution is -0.150. The number of hydrogen-bond acceptors (Lipinski definition) is 3. The van der Waals surface area contributed by atoms with Crippen LogP contribution in [0, 0.1) is 52.3 Å². The zero-order valence-corrected chi connectivity index (χ0v) is 42.9. The number of rotatable bonds is 31. The summed E-state index contributed by atoms with van der Waals surface area (Å²) in [6.07, 6.45) is 41.8. The summed E-state index contributed by atoms with van der Waals surface area (Å²) in [6.45, 7) is 23.0. The molecule has 10 unspecified atom stereocenters. The third-order valence-electron chi connectivity index (χ3n) is 17.1. The van der Waals surface area contributed by atoms with Gasteiger partial charge in [-0.05, 0) is 149 Å². The Kier molecular flexibility index (Phi) is 23.0. The predicted octanol–water partition coefficient (Wildman–Crippen LogP) is 17.5. The van der Waals surface area contributed by atoms with Gasteiger partial charge in [0.2, 0.25) is 0 Å². The van der Waals surface area contributed by atoms with Crippen molar-refractivity contribution in [1.29, 1.82) is 0 Å². The van der Waals surface area contributed by atoms with E-state index in [1.54, 1.807) is 5.57 Å². The van der Waals surface area contributed by atoms with Crippen LogP contribution < -0.4 is 0 Å². The van der Waals surface area contributed by atoms with Crippen LogP contribution in [0.1, 0.15) is 235 Å². The van der Waals surface area contributed by atoms with Gasteiger partial charge in [0.1, 0.15) is 6.29 Å². The molecule has 0 bridgehead atoms. The second kappa shape index (κ2) is 26.2. The number of ether oxygens (including phenoxy) is 1. The topological polar surface area (TPSA) is 27.7 Å². The molecule has 4 rings (SSSR count). The average molecular weight is 892 g/mol. The lowest BCUT2D eigenvalue weighted by Crippen LogP contribution is -2.51. The molecule has 4 aliphatic carbocycles. The van der Waals surface area contributed by atoms with Crippen LogP contribution in [0.4, 0.5) is 0 Å². The fourth-order valence-electron chi connectivity index (χ4n) is 13.3. The predicted molar refractivity (Wildman–Crippen MR) is 258 cm³/mol. The quantitative estimate of drug-likeness (QED) is 0.0228. The Hall–Kier alpha value is 0.317. The summed E-state index contributed by atoms with van der Waals surface area (Å²) in [7, 11) is -2.30. The van der Waals surface area contributed by atoms with Crippen molar-refractivity contribution in [3.05, 3.63) is 11.6 Å². The molecule has 3 nitrogen and oxygen atoms in total. The van der Waals surface area contributed by atoms with Gasteiger partial charge < -0.3 is 13.6 Å². The van der Waals surface area contributed by atoms with E-state index < -0.39 is 8.56 Å². The summed E-state index contributed by atoms with van der Waals surface area (Å²) in [5.74, 6) is 6.18. The molecular weight excluding hydrogens is 793 g/mol. The Morgan fingerprint density at radius 1 is 0.724 bits per heavy atom. The van der Waals surface area contributed by atoms with Gasteiger partial charge in [0.25, 0.3) is 0 Å².